The smallest absolute Gasteiger partial charge is 0.320 e. The zero-order chi connectivity index (χ0) is 23.3. The number of nitrogens with one attached hydrogen (secondary N) is 2. The van der Waals surface area contributed by atoms with Crippen LogP contribution < -0.4 is 22.5 Å². The van der Waals surface area contributed by atoms with E-state index < -0.39 is 36.1 Å². The lowest BCUT2D eigenvalue weighted by Crippen LogP contribution is -2.34. The number of nitrogens with two attached hydrogens (primary N) is 3. The number of rotatable bonds is 8. The molecule has 0 aliphatic carbocycles. The van der Waals surface area contributed by atoms with Crippen molar-refractivity contribution in [3.63, 3.8) is 0 Å². The summed E-state index contributed by atoms with van der Waals surface area (Å²) in [5.41, 5.74) is 15.1. The minimum Gasteiger partial charge on any atom is -0.481 e. The van der Waals surface area contributed by atoms with Crippen molar-refractivity contribution in [2.24, 2.45) is 17.2 Å². The number of carbonyl (C=O) groups is 3. The Morgan fingerprint density at radius 2 is 1.39 bits per heavy atom. The number of hydrogen-bond donors (Lipinski definition) is 11. The number of aliphatic carboxylic acids is 3. The first-order valence-electron chi connectivity index (χ1n) is 7.86. The van der Waals surface area contributed by atoms with Crippen LogP contribution >= 0.6 is 0 Å². The second-order valence-corrected chi connectivity index (χ2v) is 5.09. The fourth-order valence-electron chi connectivity index (χ4n) is 0.726. The third kappa shape index (κ3) is 43.7. The zero-order valence-electron chi connectivity index (χ0n) is 15.9. The van der Waals surface area contributed by atoms with Crippen molar-refractivity contribution in [3.8, 4) is 0 Å². The Labute approximate surface area is 162 Å². The molecule has 0 aliphatic heterocycles. The largest absolute Gasteiger partial charge is 0.481 e. The second kappa shape index (κ2) is 22.5. The van der Waals surface area contributed by atoms with Gasteiger partial charge in [-0.25, -0.2) is 0 Å². The average Bonchev–Trinajstić information content (AvgIpc) is 2.57. The summed E-state index contributed by atoms with van der Waals surface area (Å²) < 4.78 is 0. The number of carboxylic acid groups (broad SMARTS) is 3. The van der Waals surface area contributed by atoms with E-state index in [2.05, 4.69) is 5.32 Å². The molecule has 28 heavy (non-hydrogen) atoms. The van der Waals surface area contributed by atoms with Gasteiger partial charge in [0.05, 0.1) is 13.2 Å². The summed E-state index contributed by atoms with van der Waals surface area (Å²) >= 11 is 0. The van der Waals surface area contributed by atoms with Crippen LogP contribution in [0.3, 0.4) is 0 Å². The van der Waals surface area contributed by atoms with Gasteiger partial charge < -0.3 is 53.2 Å². The van der Waals surface area contributed by atoms with Crippen LogP contribution in [0.2, 0.25) is 0 Å². The number of hydrogen-bond acceptors (Lipinski definition) is 9. The molecule has 0 spiro atoms. The molecule has 14 heteroatoms. The number of aliphatic hydroxyl groups excluding tert-OH is 3. The fraction of sp³-hybridized carbons (Fsp3) is 0.714. The topological polar surface area (TPSA) is 287 Å². The highest BCUT2D eigenvalue weighted by molar-refractivity contribution is 5.74. The Kier molecular flexibility index (Phi) is 26.6. The maximum Gasteiger partial charge on any atom is 0.320 e. The van der Waals surface area contributed by atoms with Crippen LogP contribution in [0.25, 0.3) is 0 Å². The molecule has 0 fully saturated rings. The van der Waals surface area contributed by atoms with E-state index in [1.165, 1.54) is 6.92 Å². The SMILES string of the molecule is CC(=O)O.C[C@H](N)C(=O)O.N=C(N)NCCC[C@H](N)C(=O)O.OCC(O)CO. The van der Waals surface area contributed by atoms with E-state index >= 15 is 0 Å². The molecule has 0 unspecified atom stereocenters. The molecule has 2 atom stereocenters. The molecule has 0 aromatic heterocycles. The van der Waals surface area contributed by atoms with E-state index in [9.17, 15) is 9.59 Å². The van der Waals surface area contributed by atoms with Crippen LogP contribution in [0.1, 0.15) is 26.7 Å². The van der Waals surface area contributed by atoms with Crippen LogP contribution in [0.5, 0.6) is 0 Å². The summed E-state index contributed by atoms with van der Waals surface area (Å²) in [7, 11) is 0. The quantitative estimate of drug-likeness (QED) is 0.104. The van der Waals surface area contributed by atoms with Crippen LogP contribution in [-0.4, -0.2) is 92.5 Å². The van der Waals surface area contributed by atoms with Crippen LogP contribution in [-0.2, 0) is 14.4 Å². The standard InChI is InChI=1S/C6H14N4O2.C3H7NO2.C3H8O3.C2H4O2/c7-4(5(11)12)2-1-3-10-6(8)9;1-2(4)3(5)6;4-1-3(6)2-5;1-2(3)4/h4H,1-3,7H2,(H,11,12)(H4,8,9,10);2H,4H2,1H3,(H,5,6);3-6H,1-2H2;1H3,(H,3,4)/t4-;2-;;/m00../s1. The summed E-state index contributed by atoms with van der Waals surface area (Å²) in [4.78, 5) is 28.8. The summed E-state index contributed by atoms with van der Waals surface area (Å²) in [5, 5.41) is 57.0. The lowest BCUT2D eigenvalue weighted by atomic mass is 10.2. The average molecular weight is 415 g/mol. The number of carboxylic acids is 3. The lowest BCUT2D eigenvalue weighted by Gasteiger charge is -2.06. The minimum absolute atomic E-state index is 0.112. The maximum absolute atomic E-state index is 10.2. The van der Waals surface area contributed by atoms with Gasteiger partial charge in [0, 0.05) is 13.5 Å². The van der Waals surface area contributed by atoms with Crippen molar-refractivity contribution in [1.29, 1.82) is 5.41 Å². The first-order chi connectivity index (χ1) is 12.7. The van der Waals surface area contributed by atoms with Crippen molar-refractivity contribution in [1.82, 2.24) is 5.32 Å². The highest BCUT2D eigenvalue weighted by Crippen LogP contribution is 1.92. The molecule has 0 amide bonds. The van der Waals surface area contributed by atoms with Gasteiger partial charge in [-0.05, 0) is 19.8 Å². The fourth-order valence-corrected chi connectivity index (χ4v) is 0.726. The van der Waals surface area contributed by atoms with Gasteiger partial charge in [-0.2, -0.15) is 0 Å². The molecule has 168 valence electrons. The summed E-state index contributed by atoms with van der Waals surface area (Å²) in [6.07, 6.45) is 0.0212. The van der Waals surface area contributed by atoms with E-state index in [-0.39, 0.29) is 19.2 Å². The third-order valence-electron chi connectivity index (χ3n) is 2.14. The van der Waals surface area contributed by atoms with E-state index in [1.54, 1.807) is 0 Å². The Balaban J connectivity index is -0.000000152. The molecule has 14 nitrogen and oxygen atoms in total. The molecular weight excluding hydrogens is 382 g/mol. The normalized spacial score (nSPS) is 11.1. The Morgan fingerprint density at radius 3 is 1.57 bits per heavy atom. The number of aliphatic hydroxyl groups is 3. The first-order valence-corrected chi connectivity index (χ1v) is 7.86. The molecule has 0 heterocycles. The number of guanidine groups is 1. The molecule has 0 saturated carbocycles. The van der Waals surface area contributed by atoms with E-state index in [0.29, 0.717) is 19.4 Å². The first kappa shape index (κ1) is 33.1. The van der Waals surface area contributed by atoms with Gasteiger partial charge in [0.25, 0.3) is 5.97 Å². The Bertz CT molecular complexity index is 427. The summed E-state index contributed by atoms with van der Waals surface area (Å²) in [6, 6.07) is -1.55. The molecule has 0 aliphatic rings. The molecule has 0 saturated heterocycles. The van der Waals surface area contributed by atoms with Gasteiger partial charge in [-0.1, -0.05) is 0 Å². The van der Waals surface area contributed by atoms with Gasteiger partial charge in [0.15, 0.2) is 5.96 Å². The van der Waals surface area contributed by atoms with E-state index in [1.807, 2.05) is 0 Å². The maximum atomic E-state index is 10.2. The molecule has 0 rings (SSSR count). The van der Waals surface area contributed by atoms with Crippen LogP contribution in [0.15, 0.2) is 0 Å². The van der Waals surface area contributed by atoms with Gasteiger partial charge in [0.1, 0.15) is 18.2 Å². The minimum atomic E-state index is -1.00. The molecule has 0 bridgehead atoms. The van der Waals surface area contributed by atoms with Gasteiger partial charge in [-0.15, -0.1) is 0 Å². The van der Waals surface area contributed by atoms with Crippen molar-refractivity contribution < 1.29 is 45.0 Å². The second-order valence-electron chi connectivity index (χ2n) is 5.09. The molecule has 0 radical (unpaired) electrons. The van der Waals surface area contributed by atoms with Crippen molar-refractivity contribution >= 4 is 23.9 Å². The van der Waals surface area contributed by atoms with Crippen molar-refractivity contribution in [3.05, 3.63) is 0 Å². The van der Waals surface area contributed by atoms with Crippen LogP contribution in [0.4, 0.5) is 0 Å². The summed E-state index contributed by atoms with van der Waals surface area (Å²) in [5.74, 6) is -2.91. The molecule has 0 aromatic rings. The molecule has 0 aromatic carbocycles. The van der Waals surface area contributed by atoms with Crippen molar-refractivity contribution in [2.45, 2.75) is 44.9 Å². The Hall–Kier alpha value is -2.52. The predicted octanol–water partition coefficient (Wildman–Crippen LogP) is -3.50. The third-order valence-corrected chi connectivity index (χ3v) is 2.14. The highest BCUT2D eigenvalue weighted by Gasteiger charge is 2.09. The van der Waals surface area contributed by atoms with E-state index in [0.717, 1.165) is 6.92 Å². The van der Waals surface area contributed by atoms with Gasteiger partial charge in [0.2, 0.25) is 0 Å². The lowest BCUT2D eigenvalue weighted by molar-refractivity contribution is -0.139. The highest BCUT2D eigenvalue weighted by atomic mass is 16.4. The van der Waals surface area contributed by atoms with Gasteiger partial charge >= 0.3 is 11.9 Å². The van der Waals surface area contributed by atoms with Crippen LogP contribution in [0, 0.1) is 5.41 Å². The summed E-state index contributed by atoms with van der Waals surface area (Å²) in [6.45, 7) is 2.26. The molecular formula is C14H33N5O9. The Morgan fingerprint density at radius 1 is 1.04 bits per heavy atom. The van der Waals surface area contributed by atoms with Gasteiger partial charge in [-0.3, -0.25) is 19.8 Å². The zero-order valence-corrected chi connectivity index (χ0v) is 15.9. The van der Waals surface area contributed by atoms with E-state index in [4.69, 9.17) is 58.0 Å². The van der Waals surface area contributed by atoms with Crippen molar-refractivity contribution in [2.75, 3.05) is 19.8 Å². The molecule has 14 N–H and O–H groups in total. The predicted molar refractivity (Wildman–Crippen MR) is 99.5 cm³/mol. The monoisotopic (exact) mass is 415 g/mol.